The molecule has 1 rings (SSSR count). The fraction of sp³-hybridized carbons (Fsp3) is 0.800. The first-order valence-corrected chi connectivity index (χ1v) is 7.48. The van der Waals surface area contributed by atoms with Crippen LogP contribution in [0.15, 0.2) is 12.7 Å². The molecular weight excluding hydrogens is 274 g/mol. The molecule has 1 saturated heterocycles. The van der Waals surface area contributed by atoms with Crippen molar-refractivity contribution in [2.24, 2.45) is 5.73 Å². The van der Waals surface area contributed by atoms with Gasteiger partial charge in [0.2, 0.25) is 0 Å². The summed E-state index contributed by atoms with van der Waals surface area (Å²) < 4.78 is 22.4. The maximum absolute atomic E-state index is 11.8. The molecule has 1 fully saturated rings. The molecule has 122 valence electrons. The standard InChI is InChI=1S/C15H27NO5/c1-4-6-8-19-13-10-18-9-12(16)15(17)21-11(3)14(13)20-7-5-2/h5,11-14H,2,4,6-10,16H2,1,3H3/t11-,12-,13-,14-/m0/s1. The molecule has 0 unspecified atom stereocenters. The normalized spacial score (nSPS) is 30.9. The summed E-state index contributed by atoms with van der Waals surface area (Å²) in [5, 5.41) is 0. The lowest BCUT2D eigenvalue weighted by atomic mass is 10.1. The van der Waals surface area contributed by atoms with Crippen LogP contribution in [0.5, 0.6) is 0 Å². The first kappa shape index (κ1) is 18.1. The molecule has 1 aliphatic heterocycles. The van der Waals surface area contributed by atoms with Crippen molar-refractivity contribution in [1.29, 1.82) is 0 Å². The van der Waals surface area contributed by atoms with E-state index >= 15 is 0 Å². The molecule has 0 saturated carbocycles. The Labute approximate surface area is 126 Å². The molecule has 0 aromatic heterocycles. The molecule has 0 radical (unpaired) electrons. The highest BCUT2D eigenvalue weighted by molar-refractivity contribution is 5.75. The molecule has 6 nitrogen and oxygen atoms in total. The molecule has 4 atom stereocenters. The summed E-state index contributed by atoms with van der Waals surface area (Å²) in [5.41, 5.74) is 5.69. The molecule has 0 amide bonds. The largest absolute Gasteiger partial charge is 0.459 e. The van der Waals surface area contributed by atoms with E-state index in [1.807, 2.05) is 0 Å². The van der Waals surface area contributed by atoms with Gasteiger partial charge in [0.15, 0.2) is 0 Å². The number of ether oxygens (including phenoxy) is 4. The quantitative estimate of drug-likeness (QED) is 0.430. The minimum absolute atomic E-state index is 0.118. The lowest BCUT2D eigenvalue weighted by molar-refractivity contribution is -0.165. The molecule has 21 heavy (non-hydrogen) atoms. The second-order valence-electron chi connectivity index (χ2n) is 5.14. The van der Waals surface area contributed by atoms with E-state index < -0.39 is 24.2 Å². The van der Waals surface area contributed by atoms with Crippen LogP contribution in [0.2, 0.25) is 0 Å². The number of nitrogens with two attached hydrogens (primary N) is 1. The van der Waals surface area contributed by atoms with Gasteiger partial charge in [-0.1, -0.05) is 19.4 Å². The van der Waals surface area contributed by atoms with Gasteiger partial charge in [0.25, 0.3) is 0 Å². The lowest BCUT2D eigenvalue weighted by Gasteiger charge is -2.30. The highest BCUT2D eigenvalue weighted by atomic mass is 16.6. The zero-order chi connectivity index (χ0) is 15.7. The van der Waals surface area contributed by atoms with Crippen LogP contribution in [-0.4, -0.2) is 56.8 Å². The third-order valence-electron chi connectivity index (χ3n) is 3.25. The summed E-state index contributed by atoms with van der Waals surface area (Å²) in [4.78, 5) is 11.8. The first-order chi connectivity index (χ1) is 10.1. The van der Waals surface area contributed by atoms with Crippen LogP contribution in [0.1, 0.15) is 26.7 Å². The second-order valence-corrected chi connectivity index (χ2v) is 5.14. The van der Waals surface area contributed by atoms with E-state index in [0.29, 0.717) is 19.8 Å². The van der Waals surface area contributed by atoms with Crippen LogP contribution in [0.4, 0.5) is 0 Å². The third-order valence-corrected chi connectivity index (χ3v) is 3.25. The van der Waals surface area contributed by atoms with Gasteiger partial charge < -0.3 is 24.7 Å². The molecule has 0 bridgehead atoms. The molecule has 0 aromatic carbocycles. The highest BCUT2D eigenvalue weighted by Crippen LogP contribution is 2.16. The predicted molar refractivity (Wildman–Crippen MR) is 78.9 cm³/mol. The molecule has 2 N–H and O–H groups in total. The van der Waals surface area contributed by atoms with Crippen molar-refractivity contribution in [2.75, 3.05) is 26.4 Å². The number of rotatable bonds is 7. The SMILES string of the molecule is C=CCO[C@H]1[C@H](C)OC(=O)[C@@H](N)COC[C@@H]1OCCCC. The summed E-state index contributed by atoms with van der Waals surface area (Å²) in [6.45, 7) is 8.91. The number of hydrogen-bond donors (Lipinski definition) is 1. The summed E-state index contributed by atoms with van der Waals surface area (Å²) in [7, 11) is 0. The van der Waals surface area contributed by atoms with Gasteiger partial charge in [0.1, 0.15) is 24.4 Å². The second kappa shape index (κ2) is 9.89. The Hall–Kier alpha value is -0.950. The van der Waals surface area contributed by atoms with Crippen LogP contribution in [-0.2, 0) is 23.7 Å². The van der Waals surface area contributed by atoms with Crippen molar-refractivity contribution in [3.8, 4) is 0 Å². The van der Waals surface area contributed by atoms with Crippen molar-refractivity contribution in [1.82, 2.24) is 0 Å². The Balaban J connectivity index is 2.76. The maximum atomic E-state index is 11.8. The summed E-state index contributed by atoms with van der Waals surface area (Å²) in [6.07, 6.45) is 2.48. The summed E-state index contributed by atoms with van der Waals surface area (Å²) in [5.74, 6) is -0.482. The van der Waals surface area contributed by atoms with Crippen LogP contribution in [0.25, 0.3) is 0 Å². The molecule has 1 aliphatic rings. The Bertz CT molecular complexity index is 323. The van der Waals surface area contributed by atoms with E-state index in [1.54, 1.807) is 13.0 Å². The molecular formula is C15H27NO5. The minimum Gasteiger partial charge on any atom is -0.459 e. The number of carbonyl (C=O) groups is 1. The first-order valence-electron chi connectivity index (χ1n) is 7.48. The zero-order valence-corrected chi connectivity index (χ0v) is 13.0. The van der Waals surface area contributed by atoms with Gasteiger partial charge in [-0.25, -0.2) is 0 Å². The van der Waals surface area contributed by atoms with E-state index in [1.165, 1.54) is 0 Å². The van der Waals surface area contributed by atoms with E-state index in [2.05, 4.69) is 13.5 Å². The van der Waals surface area contributed by atoms with Crippen LogP contribution in [0.3, 0.4) is 0 Å². The molecule has 1 heterocycles. The molecule has 6 heteroatoms. The average molecular weight is 301 g/mol. The minimum atomic E-state index is -0.776. The fourth-order valence-corrected chi connectivity index (χ4v) is 2.06. The summed E-state index contributed by atoms with van der Waals surface area (Å²) in [6, 6.07) is -0.776. The smallest absolute Gasteiger partial charge is 0.325 e. The number of esters is 1. The van der Waals surface area contributed by atoms with Crippen molar-refractivity contribution < 1.29 is 23.7 Å². The highest BCUT2D eigenvalue weighted by Gasteiger charge is 2.34. The monoisotopic (exact) mass is 301 g/mol. The van der Waals surface area contributed by atoms with Gasteiger partial charge in [-0.15, -0.1) is 6.58 Å². The van der Waals surface area contributed by atoms with E-state index in [0.717, 1.165) is 12.8 Å². The van der Waals surface area contributed by atoms with Crippen molar-refractivity contribution >= 4 is 5.97 Å². The van der Waals surface area contributed by atoms with Crippen molar-refractivity contribution in [2.45, 2.75) is 51.0 Å². The molecule has 0 spiro atoms. The van der Waals surface area contributed by atoms with Gasteiger partial charge in [0.05, 0.1) is 19.8 Å². The Morgan fingerprint density at radius 1 is 1.43 bits per heavy atom. The van der Waals surface area contributed by atoms with Gasteiger partial charge in [0, 0.05) is 6.61 Å². The lowest BCUT2D eigenvalue weighted by Crippen LogP contribution is -2.44. The zero-order valence-electron chi connectivity index (χ0n) is 13.0. The fourth-order valence-electron chi connectivity index (χ4n) is 2.06. The van der Waals surface area contributed by atoms with Crippen LogP contribution >= 0.6 is 0 Å². The van der Waals surface area contributed by atoms with Crippen LogP contribution < -0.4 is 5.73 Å². The topological polar surface area (TPSA) is 80.0 Å². The molecule has 0 aliphatic carbocycles. The molecule has 0 aromatic rings. The average Bonchev–Trinajstić information content (AvgIpc) is 2.50. The summed E-state index contributed by atoms with van der Waals surface area (Å²) >= 11 is 0. The number of carbonyl (C=O) groups excluding carboxylic acids is 1. The van der Waals surface area contributed by atoms with Gasteiger partial charge in [-0.3, -0.25) is 4.79 Å². The third kappa shape index (κ3) is 6.13. The maximum Gasteiger partial charge on any atom is 0.325 e. The van der Waals surface area contributed by atoms with Gasteiger partial charge in [-0.05, 0) is 13.3 Å². The van der Waals surface area contributed by atoms with Gasteiger partial charge in [-0.2, -0.15) is 0 Å². The van der Waals surface area contributed by atoms with E-state index in [9.17, 15) is 4.79 Å². The number of cyclic esters (lactones) is 1. The van der Waals surface area contributed by atoms with E-state index in [4.69, 9.17) is 24.7 Å². The van der Waals surface area contributed by atoms with E-state index in [-0.39, 0.29) is 12.7 Å². The van der Waals surface area contributed by atoms with Crippen molar-refractivity contribution in [3.05, 3.63) is 12.7 Å². The van der Waals surface area contributed by atoms with Crippen molar-refractivity contribution in [3.63, 3.8) is 0 Å². The Kier molecular flexibility index (Phi) is 8.52. The Morgan fingerprint density at radius 2 is 2.19 bits per heavy atom. The number of unbranched alkanes of at least 4 members (excludes halogenated alkanes) is 1. The number of hydrogen-bond acceptors (Lipinski definition) is 6. The van der Waals surface area contributed by atoms with Gasteiger partial charge >= 0.3 is 5.97 Å². The predicted octanol–water partition coefficient (Wildman–Crippen LogP) is 1.03. The van der Waals surface area contributed by atoms with Crippen LogP contribution in [0, 0.1) is 0 Å². The Morgan fingerprint density at radius 3 is 2.86 bits per heavy atom.